The Morgan fingerprint density at radius 3 is 2.63 bits per heavy atom. The molecule has 1 heterocycles. The van der Waals surface area contributed by atoms with Gasteiger partial charge < -0.3 is 5.11 Å². The van der Waals surface area contributed by atoms with E-state index in [1.807, 2.05) is 20.8 Å². The SMILES string of the molecule is CCC(C)(C)[C@@H]1CCC2=NN(C(=O)c3cccc([N+](=O)[O-])c3)[C@](O)(C(F)(F)F)[C@H]2C1. The predicted octanol–water partition coefficient (Wildman–Crippen LogP) is 4.51. The number of hydrogen-bond acceptors (Lipinski definition) is 5. The van der Waals surface area contributed by atoms with Gasteiger partial charge >= 0.3 is 6.18 Å². The Bertz CT molecular complexity index is 900. The molecule has 1 aliphatic heterocycles. The first-order valence-electron chi connectivity index (χ1n) is 9.78. The highest BCUT2D eigenvalue weighted by atomic mass is 19.4. The first-order chi connectivity index (χ1) is 13.8. The molecule has 7 nitrogen and oxygen atoms in total. The van der Waals surface area contributed by atoms with Gasteiger partial charge in [0.2, 0.25) is 0 Å². The lowest BCUT2D eigenvalue weighted by Gasteiger charge is -2.43. The third-order valence-corrected chi connectivity index (χ3v) is 6.64. The van der Waals surface area contributed by atoms with Crippen LogP contribution >= 0.6 is 0 Å². The standard InChI is InChI=1S/C20H24F3N3O4/c1-4-18(2,3)13-8-9-16-15(11-13)19(28,20(21,22)23)25(24-16)17(27)12-6-5-7-14(10-12)26(29)30/h5-7,10,13,15,28H,4,8-9,11H2,1-3H3/t13-,15+,19-/m1/s1. The normalized spacial score (nSPS) is 26.9. The van der Waals surface area contributed by atoms with Crippen molar-refractivity contribution in [3.05, 3.63) is 39.9 Å². The monoisotopic (exact) mass is 427 g/mol. The van der Waals surface area contributed by atoms with Crippen LogP contribution in [-0.4, -0.2) is 38.6 Å². The lowest BCUT2D eigenvalue weighted by molar-refractivity contribution is -0.384. The Hall–Kier alpha value is -2.49. The van der Waals surface area contributed by atoms with Crippen LogP contribution in [0.15, 0.2) is 29.4 Å². The number of rotatable bonds is 4. The lowest BCUT2D eigenvalue weighted by Crippen LogP contribution is -2.62. The van der Waals surface area contributed by atoms with Crippen LogP contribution in [0.4, 0.5) is 18.9 Å². The van der Waals surface area contributed by atoms with Crippen molar-refractivity contribution < 1.29 is 28.0 Å². The van der Waals surface area contributed by atoms with Crippen LogP contribution in [0.1, 0.15) is 56.8 Å². The molecular weight excluding hydrogens is 403 g/mol. The molecule has 3 atom stereocenters. The molecule has 0 saturated heterocycles. The molecule has 0 bridgehead atoms. The molecular formula is C20H24F3N3O4. The molecule has 1 amide bonds. The van der Waals surface area contributed by atoms with Gasteiger partial charge in [-0.2, -0.15) is 23.3 Å². The fourth-order valence-electron chi connectivity index (χ4n) is 4.29. The van der Waals surface area contributed by atoms with E-state index in [0.29, 0.717) is 6.42 Å². The molecule has 1 N–H and O–H groups in total. The number of hydrazone groups is 1. The second-order valence-electron chi connectivity index (χ2n) is 8.61. The molecule has 1 aromatic carbocycles. The van der Waals surface area contributed by atoms with Crippen molar-refractivity contribution in [2.45, 2.75) is 58.4 Å². The summed E-state index contributed by atoms with van der Waals surface area (Å²) in [5, 5.41) is 25.8. The minimum Gasteiger partial charge on any atom is -0.362 e. The molecule has 0 spiro atoms. The number of nitrogens with zero attached hydrogens (tertiary/aromatic N) is 3. The summed E-state index contributed by atoms with van der Waals surface area (Å²) in [5.41, 5.74) is -4.37. The maximum absolute atomic E-state index is 14.1. The van der Waals surface area contributed by atoms with Crippen LogP contribution in [0.25, 0.3) is 0 Å². The molecule has 164 valence electrons. The highest BCUT2D eigenvalue weighted by molar-refractivity contribution is 5.99. The number of aliphatic hydroxyl groups is 1. The largest absolute Gasteiger partial charge is 0.439 e. The number of halogens is 3. The molecule has 10 heteroatoms. The fourth-order valence-corrected chi connectivity index (χ4v) is 4.29. The molecule has 1 saturated carbocycles. The van der Waals surface area contributed by atoms with Crippen LogP contribution < -0.4 is 0 Å². The van der Waals surface area contributed by atoms with Gasteiger partial charge in [0.25, 0.3) is 17.3 Å². The number of carbonyl (C=O) groups is 1. The Morgan fingerprint density at radius 1 is 1.40 bits per heavy atom. The third kappa shape index (κ3) is 3.46. The number of carbonyl (C=O) groups excluding carboxylic acids is 1. The van der Waals surface area contributed by atoms with Gasteiger partial charge in [0.15, 0.2) is 0 Å². The highest BCUT2D eigenvalue weighted by Crippen LogP contribution is 2.52. The number of benzene rings is 1. The van der Waals surface area contributed by atoms with Crippen LogP contribution in [0, 0.1) is 27.4 Å². The summed E-state index contributed by atoms with van der Waals surface area (Å²) < 4.78 is 42.4. The Kier molecular flexibility index (Phi) is 5.43. The predicted molar refractivity (Wildman–Crippen MR) is 103 cm³/mol. The summed E-state index contributed by atoms with van der Waals surface area (Å²) >= 11 is 0. The average molecular weight is 427 g/mol. The van der Waals surface area contributed by atoms with Crippen molar-refractivity contribution in [1.82, 2.24) is 5.01 Å². The van der Waals surface area contributed by atoms with E-state index in [1.54, 1.807) is 0 Å². The topological polar surface area (TPSA) is 96.0 Å². The van der Waals surface area contributed by atoms with E-state index < -0.39 is 34.3 Å². The number of fused-ring (bicyclic) bond motifs is 1. The number of amides is 1. The molecule has 3 rings (SSSR count). The molecule has 1 aliphatic carbocycles. The van der Waals surface area contributed by atoms with Gasteiger partial charge in [-0.25, -0.2) is 0 Å². The average Bonchev–Trinajstić information content (AvgIpc) is 3.00. The number of nitro benzene ring substituents is 1. The molecule has 1 aromatic rings. The van der Waals surface area contributed by atoms with Crippen LogP contribution in [0.2, 0.25) is 0 Å². The molecule has 2 aliphatic rings. The molecule has 0 radical (unpaired) electrons. The van der Waals surface area contributed by atoms with Crippen molar-refractivity contribution in [1.29, 1.82) is 0 Å². The van der Waals surface area contributed by atoms with Crippen molar-refractivity contribution in [2.24, 2.45) is 22.4 Å². The third-order valence-electron chi connectivity index (χ3n) is 6.64. The highest BCUT2D eigenvalue weighted by Gasteiger charge is 2.69. The quantitative estimate of drug-likeness (QED) is 0.565. The van der Waals surface area contributed by atoms with Crippen molar-refractivity contribution in [3.8, 4) is 0 Å². The first kappa shape index (κ1) is 22.2. The zero-order valence-electron chi connectivity index (χ0n) is 16.9. The maximum atomic E-state index is 14.1. The first-order valence-corrected chi connectivity index (χ1v) is 9.78. The van der Waals surface area contributed by atoms with E-state index in [4.69, 9.17) is 0 Å². The lowest BCUT2D eigenvalue weighted by atomic mass is 9.64. The van der Waals surface area contributed by atoms with Crippen molar-refractivity contribution >= 4 is 17.3 Å². The van der Waals surface area contributed by atoms with Gasteiger partial charge in [0.05, 0.1) is 10.8 Å². The van der Waals surface area contributed by atoms with Gasteiger partial charge in [-0.1, -0.05) is 33.3 Å². The molecule has 0 unspecified atom stereocenters. The zero-order valence-corrected chi connectivity index (χ0v) is 16.9. The smallest absolute Gasteiger partial charge is 0.362 e. The van der Waals surface area contributed by atoms with Crippen molar-refractivity contribution in [3.63, 3.8) is 0 Å². The van der Waals surface area contributed by atoms with E-state index in [0.717, 1.165) is 24.6 Å². The van der Waals surface area contributed by atoms with Crippen molar-refractivity contribution in [2.75, 3.05) is 0 Å². The van der Waals surface area contributed by atoms with Gasteiger partial charge in [0.1, 0.15) is 0 Å². The molecule has 0 aromatic heterocycles. The minimum atomic E-state index is -5.16. The summed E-state index contributed by atoms with van der Waals surface area (Å²) in [7, 11) is 0. The fraction of sp³-hybridized carbons (Fsp3) is 0.600. The maximum Gasteiger partial charge on any atom is 0.439 e. The Balaban J connectivity index is 2.02. The minimum absolute atomic E-state index is 0.0500. The summed E-state index contributed by atoms with van der Waals surface area (Å²) in [6.45, 7) is 5.92. The van der Waals surface area contributed by atoms with E-state index in [1.165, 1.54) is 6.07 Å². The van der Waals surface area contributed by atoms with Gasteiger partial charge in [-0.15, -0.1) is 0 Å². The summed E-state index contributed by atoms with van der Waals surface area (Å²) in [5.74, 6) is -2.68. The second-order valence-corrected chi connectivity index (χ2v) is 8.61. The number of nitro groups is 1. The van der Waals surface area contributed by atoms with Gasteiger partial charge in [-0.3, -0.25) is 14.9 Å². The van der Waals surface area contributed by atoms with Gasteiger partial charge in [0, 0.05) is 23.4 Å². The summed E-state index contributed by atoms with van der Waals surface area (Å²) in [4.78, 5) is 23.1. The van der Waals surface area contributed by atoms with Crippen LogP contribution in [0.3, 0.4) is 0 Å². The summed E-state index contributed by atoms with van der Waals surface area (Å²) in [6.07, 6.45) is -3.48. The Labute approximate surface area is 171 Å². The number of non-ortho nitro benzene ring substituents is 1. The van der Waals surface area contributed by atoms with Gasteiger partial charge in [-0.05, 0) is 36.7 Å². The molecule has 30 heavy (non-hydrogen) atoms. The van der Waals surface area contributed by atoms with E-state index >= 15 is 0 Å². The Morgan fingerprint density at radius 2 is 2.07 bits per heavy atom. The van der Waals surface area contributed by atoms with Crippen LogP contribution in [0.5, 0.6) is 0 Å². The van der Waals surface area contributed by atoms with Crippen LogP contribution in [-0.2, 0) is 0 Å². The summed E-state index contributed by atoms with van der Waals surface area (Å²) in [6, 6.07) is 4.37. The van der Waals surface area contributed by atoms with E-state index in [9.17, 15) is 33.2 Å². The number of hydrogen-bond donors (Lipinski definition) is 1. The van der Waals surface area contributed by atoms with E-state index in [2.05, 4.69) is 5.10 Å². The zero-order chi connectivity index (χ0) is 22.5. The molecule has 1 fully saturated rings. The second kappa shape index (κ2) is 7.33. The van der Waals surface area contributed by atoms with E-state index in [-0.39, 0.29) is 40.5 Å². The number of alkyl halides is 3.